The van der Waals surface area contributed by atoms with Crippen molar-refractivity contribution in [3.63, 3.8) is 0 Å². The van der Waals surface area contributed by atoms with Crippen LogP contribution in [0.5, 0.6) is 0 Å². The van der Waals surface area contributed by atoms with Crippen molar-refractivity contribution in [1.29, 1.82) is 0 Å². The highest BCUT2D eigenvalue weighted by Crippen LogP contribution is 2.22. The molecular weight excluding hydrogens is 230 g/mol. The summed E-state index contributed by atoms with van der Waals surface area (Å²) >= 11 is 0. The molecule has 5 nitrogen and oxygen atoms in total. The molecule has 2 heterocycles. The third-order valence-corrected chi connectivity index (χ3v) is 3.36. The molecule has 1 fully saturated rings. The summed E-state index contributed by atoms with van der Waals surface area (Å²) in [7, 11) is 0. The molecule has 0 spiro atoms. The Morgan fingerprint density at radius 1 is 1.44 bits per heavy atom. The Morgan fingerprint density at radius 2 is 2.22 bits per heavy atom. The number of piperidine rings is 1. The van der Waals surface area contributed by atoms with E-state index in [1.54, 1.807) is 0 Å². The van der Waals surface area contributed by atoms with Gasteiger partial charge in [-0.2, -0.15) is 5.10 Å². The first-order valence-corrected chi connectivity index (χ1v) is 6.39. The SMILES string of the molecule is CC(C)c1ccc(N2CCCC(C(=O)O)C2)nn1. The Kier molecular flexibility index (Phi) is 3.79. The minimum Gasteiger partial charge on any atom is -0.481 e. The summed E-state index contributed by atoms with van der Waals surface area (Å²) in [6.07, 6.45) is 1.65. The van der Waals surface area contributed by atoms with Gasteiger partial charge in [-0.05, 0) is 30.9 Å². The van der Waals surface area contributed by atoms with Crippen molar-refractivity contribution in [3.05, 3.63) is 17.8 Å². The quantitative estimate of drug-likeness (QED) is 0.886. The van der Waals surface area contributed by atoms with Gasteiger partial charge in [-0.25, -0.2) is 0 Å². The van der Waals surface area contributed by atoms with Gasteiger partial charge in [-0.15, -0.1) is 5.10 Å². The van der Waals surface area contributed by atoms with Gasteiger partial charge in [0.05, 0.1) is 11.6 Å². The Labute approximate surface area is 107 Å². The molecule has 5 heteroatoms. The van der Waals surface area contributed by atoms with Crippen molar-refractivity contribution in [2.75, 3.05) is 18.0 Å². The first-order valence-electron chi connectivity index (χ1n) is 6.39. The molecule has 2 rings (SSSR count). The van der Waals surface area contributed by atoms with Gasteiger partial charge in [0.15, 0.2) is 5.82 Å². The number of carbonyl (C=O) groups is 1. The summed E-state index contributed by atoms with van der Waals surface area (Å²) in [5, 5.41) is 17.4. The van der Waals surface area contributed by atoms with Crippen LogP contribution in [0.4, 0.5) is 5.82 Å². The van der Waals surface area contributed by atoms with Crippen LogP contribution < -0.4 is 4.90 Å². The predicted octanol–water partition coefficient (Wildman–Crippen LogP) is 1.90. The number of nitrogens with zero attached hydrogens (tertiary/aromatic N) is 3. The minimum absolute atomic E-state index is 0.287. The zero-order valence-electron chi connectivity index (χ0n) is 10.8. The third kappa shape index (κ3) is 2.78. The van der Waals surface area contributed by atoms with Crippen LogP contribution in [-0.2, 0) is 4.79 Å². The van der Waals surface area contributed by atoms with Gasteiger partial charge in [0.25, 0.3) is 0 Å². The lowest BCUT2D eigenvalue weighted by Gasteiger charge is -2.31. The van der Waals surface area contributed by atoms with Crippen LogP contribution in [0.2, 0.25) is 0 Å². The normalized spacial score (nSPS) is 20.2. The van der Waals surface area contributed by atoms with E-state index in [0.29, 0.717) is 12.5 Å². The highest BCUT2D eigenvalue weighted by molar-refractivity contribution is 5.71. The molecule has 0 radical (unpaired) electrons. The van der Waals surface area contributed by atoms with E-state index in [4.69, 9.17) is 5.11 Å². The van der Waals surface area contributed by atoms with Crippen LogP contribution in [0.1, 0.15) is 38.3 Å². The number of aliphatic carboxylic acids is 1. The molecule has 1 aliphatic rings. The average molecular weight is 249 g/mol. The lowest BCUT2D eigenvalue weighted by Crippen LogP contribution is -2.39. The van der Waals surface area contributed by atoms with Crippen LogP contribution in [0, 0.1) is 5.92 Å². The third-order valence-electron chi connectivity index (χ3n) is 3.36. The molecule has 0 amide bonds. The molecule has 0 bridgehead atoms. The van der Waals surface area contributed by atoms with Crippen molar-refractivity contribution in [1.82, 2.24) is 10.2 Å². The van der Waals surface area contributed by atoms with Crippen molar-refractivity contribution >= 4 is 11.8 Å². The van der Waals surface area contributed by atoms with Gasteiger partial charge >= 0.3 is 5.97 Å². The standard InChI is InChI=1S/C13H19N3O2/c1-9(2)11-5-6-12(15-14-11)16-7-3-4-10(8-16)13(17)18/h5-6,9-10H,3-4,7-8H2,1-2H3,(H,17,18). The molecule has 1 saturated heterocycles. The fourth-order valence-corrected chi connectivity index (χ4v) is 2.20. The van der Waals surface area contributed by atoms with E-state index in [9.17, 15) is 4.79 Å². The molecule has 1 N–H and O–H groups in total. The molecule has 0 saturated carbocycles. The monoisotopic (exact) mass is 249 g/mol. The maximum Gasteiger partial charge on any atom is 0.308 e. The fourth-order valence-electron chi connectivity index (χ4n) is 2.20. The Hall–Kier alpha value is -1.65. The van der Waals surface area contributed by atoms with Crippen LogP contribution in [0.25, 0.3) is 0 Å². The van der Waals surface area contributed by atoms with Gasteiger partial charge in [0.1, 0.15) is 0 Å². The van der Waals surface area contributed by atoms with E-state index >= 15 is 0 Å². The molecule has 98 valence electrons. The molecule has 18 heavy (non-hydrogen) atoms. The average Bonchev–Trinajstić information content (AvgIpc) is 2.39. The van der Waals surface area contributed by atoms with Crippen LogP contribution in [0.3, 0.4) is 0 Å². The van der Waals surface area contributed by atoms with E-state index in [0.717, 1.165) is 30.9 Å². The van der Waals surface area contributed by atoms with E-state index < -0.39 is 5.97 Å². The molecule has 1 atom stereocenters. The maximum atomic E-state index is 11.0. The van der Waals surface area contributed by atoms with Gasteiger partial charge < -0.3 is 10.0 Å². The minimum atomic E-state index is -0.716. The second-order valence-corrected chi connectivity index (χ2v) is 5.09. The van der Waals surface area contributed by atoms with Crippen molar-refractivity contribution in [2.45, 2.75) is 32.6 Å². The van der Waals surface area contributed by atoms with Gasteiger partial charge in [0.2, 0.25) is 0 Å². The number of hydrogen-bond acceptors (Lipinski definition) is 4. The van der Waals surface area contributed by atoms with E-state index in [2.05, 4.69) is 24.0 Å². The van der Waals surface area contributed by atoms with Gasteiger partial charge in [-0.1, -0.05) is 13.8 Å². The molecule has 1 aliphatic heterocycles. The fraction of sp³-hybridized carbons (Fsp3) is 0.615. The number of anilines is 1. The Morgan fingerprint density at radius 3 is 2.78 bits per heavy atom. The van der Waals surface area contributed by atoms with E-state index in [-0.39, 0.29) is 5.92 Å². The number of carboxylic acid groups (broad SMARTS) is 1. The molecule has 1 unspecified atom stereocenters. The Bertz CT molecular complexity index is 417. The molecular formula is C13H19N3O2. The lowest BCUT2D eigenvalue weighted by molar-refractivity contribution is -0.141. The van der Waals surface area contributed by atoms with Crippen molar-refractivity contribution in [2.24, 2.45) is 5.92 Å². The smallest absolute Gasteiger partial charge is 0.308 e. The number of hydrogen-bond donors (Lipinski definition) is 1. The molecule has 1 aromatic heterocycles. The topological polar surface area (TPSA) is 66.3 Å². The maximum absolute atomic E-state index is 11.0. The second kappa shape index (κ2) is 5.33. The summed E-state index contributed by atoms with van der Waals surface area (Å²) in [6, 6.07) is 3.91. The largest absolute Gasteiger partial charge is 0.481 e. The highest BCUT2D eigenvalue weighted by Gasteiger charge is 2.26. The Balaban J connectivity index is 2.09. The number of rotatable bonds is 3. The van der Waals surface area contributed by atoms with Gasteiger partial charge in [0, 0.05) is 13.1 Å². The molecule has 0 aromatic carbocycles. The lowest BCUT2D eigenvalue weighted by atomic mass is 9.98. The summed E-state index contributed by atoms with van der Waals surface area (Å²) in [6.45, 7) is 5.54. The highest BCUT2D eigenvalue weighted by atomic mass is 16.4. The predicted molar refractivity (Wildman–Crippen MR) is 68.7 cm³/mol. The summed E-state index contributed by atoms with van der Waals surface area (Å²) < 4.78 is 0. The zero-order valence-corrected chi connectivity index (χ0v) is 10.8. The first kappa shape index (κ1) is 12.8. The van der Waals surface area contributed by atoms with Gasteiger partial charge in [-0.3, -0.25) is 4.79 Å². The number of aromatic nitrogens is 2. The van der Waals surface area contributed by atoms with Crippen LogP contribution in [-0.4, -0.2) is 34.4 Å². The molecule has 0 aliphatic carbocycles. The van der Waals surface area contributed by atoms with Crippen LogP contribution >= 0.6 is 0 Å². The zero-order chi connectivity index (χ0) is 13.1. The summed E-state index contributed by atoms with van der Waals surface area (Å²) in [5.41, 5.74) is 0.963. The first-order chi connectivity index (χ1) is 8.58. The second-order valence-electron chi connectivity index (χ2n) is 5.09. The van der Waals surface area contributed by atoms with Crippen molar-refractivity contribution in [3.8, 4) is 0 Å². The number of carboxylic acids is 1. The van der Waals surface area contributed by atoms with Crippen molar-refractivity contribution < 1.29 is 9.90 Å². The summed E-state index contributed by atoms with van der Waals surface area (Å²) in [4.78, 5) is 13.0. The van der Waals surface area contributed by atoms with E-state index in [1.807, 2.05) is 17.0 Å². The molecule has 1 aromatic rings. The van der Waals surface area contributed by atoms with E-state index in [1.165, 1.54) is 0 Å². The summed E-state index contributed by atoms with van der Waals surface area (Å²) in [5.74, 6) is 0.141. The van der Waals surface area contributed by atoms with Crippen LogP contribution in [0.15, 0.2) is 12.1 Å².